The summed E-state index contributed by atoms with van der Waals surface area (Å²) in [7, 11) is -2.87. The summed E-state index contributed by atoms with van der Waals surface area (Å²) in [5.41, 5.74) is 0. The normalized spacial score (nSPS) is 13.9. The summed E-state index contributed by atoms with van der Waals surface area (Å²) < 4.78 is 21.7. The van der Waals surface area contributed by atoms with Gasteiger partial charge in [0.25, 0.3) is 0 Å². The van der Waals surface area contributed by atoms with E-state index in [-0.39, 0.29) is 5.75 Å². The molecule has 16 heavy (non-hydrogen) atoms. The molecule has 1 unspecified atom stereocenters. The zero-order chi connectivity index (χ0) is 12.0. The minimum atomic E-state index is -2.87. The van der Waals surface area contributed by atoms with Crippen LogP contribution in [-0.2, 0) is 9.84 Å². The highest BCUT2D eigenvalue weighted by Gasteiger charge is 2.07. The van der Waals surface area contributed by atoms with E-state index in [0.29, 0.717) is 19.5 Å². The lowest BCUT2D eigenvalue weighted by Gasteiger charge is -2.09. The highest BCUT2D eigenvalue weighted by atomic mass is 32.2. The molecule has 6 heteroatoms. The molecule has 0 spiro atoms. The van der Waals surface area contributed by atoms with Gasteiger partial charge in [0.2, 0.25) is 0 Å². The predicted octanol–water partition coefficient (Wildman–Crippen LogP) is 0.806. The molecule has 0 amide bonds. The first kappa shape index (κ1) is 13.6. The third kappa shape index (κ3) is 5.60. The number of nitrogens with one attached hydrogen (secondary N) is 1. The fraction of sp³-hybridized carbons (Fsp3) is 0.600. The Balaban J connectivity index is 2.12. The first-order valence-corrected chi connectivity index (χ1v) is 8.03. The lowest BCUT2D eigenvalue weighted by atomic mass is 10.3. The smallest absolute Gasteiger partial charge is 0.147 e. The zero-order valence-corrected chi connectivity index (χ0v) is 10.9. The summed E-state index contributed by atoms with van der Waals surface area (Å²) in [5.74, 6) is 0.190. The standard InChI is InChI=1S/C10H17NO3S2/c1-16(13,14)7-3-5-11-8-9(12)10-4-2-6-15-10/h2,4,6,9,11-12H,3,5,7-8H2,1H3. The number of aliphatic hydroxyl groups is 1. The monoisotopic (exact) mass is 263 g/mol. The van der Waals surface area contributed by atoms with Crippen molar-refractivity contribution in [2.45, 2.75) is 12.5 Å². The molecule has 92 valence electrons. The van der Waals surface area contributed by atoms with Crippen LogP contribution in [0.1, 0.15) is 17.4 Å². The van der Waals surface area contributed by atoms with Crippen LogP contribution in [0.15, 0.2) is 17.5 Å². The van der Waals surface area contributed by atoms with Crippen molar-refractivity contribution >= 4 is 21.2 Å². The van der Waals surface area contributed by atoms with Crippen molar-refractivity contribution in [3.63, 3.8) is 0 Å². The fourth-order valence-corrected chi connectivity index (χ4v) is 2.66. The van der Waals surface area contributed by atoms with E-state index in [9.17, 15) is 13.5 Å². The molecule has 0 aliphatic heterocycles. The first-order valence-electron chi connectivity index (χ1n) is 5.09. The van der Waals surface area contributed by atoms with E-state index < -0.39 is 15.9 Å². The second-order valence-electron chi connectivity index (χ2n) is 3.72. The Morgan fingerprint density at radius 2 is 2.31 bits per heavy atom. The van der Waals surface area contributed by atoms with Crippen LogP contribution in [0.5, 0.6) is 0 Å². The van der Waals surface area contributed by atoms with Gasteiger partial charge in [-0.2, -0.15) is 0 Å². The summed E-state index contributed by atoms with van der Waals surface area (Å²) >= 11 is 1.51. The van der Waals surface area contributed by atoms with Gasteiger partial charge in [0.05, 0.1) is 5.75 Å². The summed E-state index contributed by atoms with van der Waals surface area (Å²) in [6.45, 7) is 1.07. The number of sulfone groups is 1. The van der Waals surface area contributed by atoms with E-state index in [4.69, 9.17) is 0 Å². The SMILES string of the molecule is CS(=O)(=O)CCCNCC(O)c1cccs1. The minimum Gasteiger partial charge on any atom is -0.386 e. The Labute approximate surface area is 100 Å². The van der Waals surface area contributed by atoms with Crippen LogP contribution >= 0.6 is 11.3 Å². The number of hydrogen-bond acceptors (Lipinski definition) is 5. The van der Waals surface area contributed by atoms with E-state index in [1.54, 1.807) is 0 Å². The molecule has 0 radical (unpaired) electrons. The van der Waals surface area contributed by atoms with Crippen molar-refractivity contribution < 1.29 is 13.5 Å². The fourth-order valence-electron chi connectivity index (χ4n) is 1.28. The van der Waals surface area contributed by atoms with Gasteiger partial charge < -0.3 is 10.4 Å². The molecule has 1 heterocycles. The second kappa shape index (κ2) is 6.34. The van der Waals surface area contributed by atoms with Crippen molar-refractivity contribution in [3.05, 3.63) is 22.4 Å². The summed E-state index contributed by atoms with van der Waals surface area (Å²) in [6, 6.07) is 3.78. The number of hydrogen-bond donors (Lipinski definition) is 2. The molecule has 1 aromatic heterocycles. The van der Waals surface area contributed by atoms with Gasteiger partial charge in [-0.1, -0.05) is 6.07 Å². The molecule has 0 fully saturated rings. The molecule has 0 saturated carbocycles. The van der Waals surface area contributed by atoms with Gasteiger partial charge >= 0.3 is 0 Å². The molecule has 0 saturated heterocycles. The van der Waals surface area contributed by atoms with Crippen LogP contribution in [0.25, 0.3) is 0 Å². The molecule has 4 nitrogen and oxygen atoms in total. The molecule has 0 aliphatic carbocycles. The quantitative estimate of drug-likeness (QED) is 0.714. The van der Waals surface area contributed by atoms with Crippen LogP contribution in [0, 0.1) is 0 Å². The van der Waals surface area contributed by atoms with E-state index in [0.717, 1.165) is 4.88 Å². The molecule has 0 bridgehead atoms. The van der Waals surface area contributed by atoms with Crippen molar-refractivity contribution in [1.29, 1.82) is 0 Å². The van der Waals surface area contributed by atoms with Crippen molar-refractivity contribution in [1.82, 2.24) is 5.32 Å². The largest absolute Gasteiger partial charge is 0.386 e. The summed E-state index contributed by atoms with van der Waals surface area (Å²) in [4.78, 5) is 0.926. The highest BCUT2D eigenvalue weighted by molar-refractivity contribution is 7.90. The summed E-state index contributed by atoms with van der Waals surface area (Å²) in [6.07, 6.45) is 1.31. The van der Waals surface area contributed by atoms with Gasteiger partial charge in [-0.05, 0) is 24.4 Å². The van der Waals surface area contributed by atoms with Crippen LogP contribution in [0.2, 0.25) is 0 Å². The molecular weight excluding hydrogens is 246 g/mol. The Hall–Kier alpha value is -0.430. The van der Waals surface area contributed by atoms with E-state index >= 15 is 0 Å². The van der Waals surface area contributed by atoms with Crippen LogP contribution in [-0.4, -0.2) is 38.6 Å². The highest BCUT2D eigenvalue weighted by Crippen LogP contribution is 2.17. The molecule has 1 atom stereocenters. The Kier molecular flexibility index (Phi) is 5.40. The number of aliphatic hydroxyl groups excluding tert-OH is 1. The van der Waals surface area contributed by atoms with Crippen molar-refractivity contribution in [2.24, 2.45) is 0 Å². The number of rotatable bonds is 7. The zero-order valence-electron chi connectivity index (χ0n) is 9.22. The predicted molar refractivity (Wildman–Crippen MR) is 66.5 cm³/mol. The van der Waals surface area contributed by atoms with Crippen LogP contribution < -0.4 is 5.32 Å². The van der Waals surface area contributed by atoms with E-state index in [2.05, 4.69) is 5.32 Å². The lowest BCUT2D eigenvalue weighted by Crippen LogP contribution is -2.23. The summed E-state index contributed by atoms with van der Waals surface area (Å²) in [5, 5.41) is 14.7. The molecule has 1 rings (SSSR count). The lowest BCUT2D eigenvalue weighted by molar-refractivity contribution is 0.179. The van der Waals surface area contributed by atoms with Crippen LogP contribution in [0.3, 0.4) is 0 Å². The van der Waals surface area contributed by atoms with Crippen LogP contribution in [0.4, 0.5) is 0 Å². The van der Waals surface area contributed by atoms with Crippen molar-refractivity contribution in [2.75, 3.05) is 25.1 Å². The van der Waals surface area contributed by atoms with Crippen molar-refractivity contribution in [3.8, 4) is 0 Å². The average molecular weight is 263 g/mol. The van der Waals surface area contributed by atoms with Gasteiger partial charge in [0.1, 0.15) is 15.9 Å². The first-order chi connectivity index (χ1) is 7.49. The topological polar surface area (TPSA) is 66.4 Å². The Bertz CT molecular complexity index is 386. The molecule has 1 aromatic rings. The average Bonchev–Trinajstić information content (AvgIpc) is 2.67. The number of thiophene rings is 1. The maximum Gasteiger partial charge on any atom is 0.147 e. The maximum atomic E-state index is 10.8. The Morgan fingerprint density at radius 3 is 2.88 bits per heavy atom. The van der Waals surface area contributed by atoms with E-state index in [1.807, 2.05) is 17.5 Å². The van der Waals surface area contributed by atoms with Gasteiger partial charge in [0, 0.05) is 17.7 Å². The minimum absolute atomic E-state index is 0.190. The maximum absolute atomic E-state index is 10.8. The van der Waals surface area contributed by atoms with Gasteiger partial charge in [-0.15, -0.1) is 11.3 Å². The third-order valence-electron chi connectivity index (χ3n) is 2.08. The molecule has 0 aliphatic rings. The molecular formula is C10H17NO3S2. The van der Waals surface area contributed by atoms with Gasteiger partial charge in [0.15, 0.2) is 0 Å². The molecule has 2 N–H and O–H groups in total. The van der Waals surface area contributed by atoms with Gasteiger partial charge in [-0.25, -0.2) is 8.42 Å². The van der Waals surface area contributed by atoms with Gasteiger partial charge in [-0.3, -0.25) is 0 Å². The Morgan fingerprint density at radius 1 is 1.56 bits per heavy atom. The third-order valence-corrected chi connectivity index (χ3v) is 4.08. The van der Waals surface area contributed by atoms with E-state index in [1.165, 1.54) is 17.6 Å². The second-order valence-corrected chi connectivity index (χ2v) is 6.96. The molecule has 0 aromatic carbocycles.